The second-order valence-electron chi connectivity index (χ2n) is 5.02. The Morgan fingerprint density at radius 1 is 1.37 bits per heavy atom. The maximum Gasteiger partial charge on any atom is 0.220 e. The Hall–Kier alpha value is -1.55. The molecule has 1 amide bonds. The van der Waals surface area contributed by atoms with Crippen LogP contribution in [0.4, 0.5) is 5.69 Å². The quantitative estimate of drug-likeness (QED) is 0.660. The van der Waals surface area contributed by atoms with Crippen LogP contribution in [0.5, 0.6) is 0 Å². The summed E-state index contributed by atoms with van der Waals surface area (Å²) in [5.74, 6) is 0.114. The summed E-state index contributed by atoms with van der Waals surface area (Å²) in [6.45, 7) is 4.35. The van der Waals surface area contributed by atoms with E-state index >= 15 is 0 Å². The number of benzene rings is 1. The highest BCUT2D eigenvalue weighted by molar-refractivity contribution is 5.76. The maximum atomic E-state index is 11.8. The number of nitrogen functional groups attached to an aromatic ring is 1. The van der Waals surface area contributed by atoms with Crippen LogP contribution in [0.2, 0.25) is 0 Å². The lowest BCUT2D eigenvalue weighted by atomic mass is 9.97. The number of anilines is 1. The Kier molecular flexibility index (Phi) is 6.36. The van der Waals surface area contributed by atoms with Gasteiger partial charge in [0.2, 0.25) is 5.91 Å². The van der Waals surface area contributed by atoms with Crippen LogP contribution in [0.3, 0.4) is 0 Å². The van der Waals surface area contributed by atoms with Gasteiger partial charge in [-0.2, -0.15) is 0 Å². The molecule has 1 aromatic carbocycles. The molecule has 0 fully saturated rings. The van der Waals surface area contributed by atoms with E-state index in [-0.39, 0.29) is 11.8 Å². The number of hydrogen-bond donors (Lipinski definition) is 3. The summed E-state index contributed by atoms with van der Waals surface area (Å²) in [6, 6.07) is 7.57. The number of amides is 1. The van der Waals surface area contributed by atoms with Gasteiger partial charge < -0.3 is 16.2 Å². The summed E-state index contributed by atoms with van der Waals surface area (Å²) < 4.78 is 0. The average Bonchev–Trinajstić information content (AvgIpc) is 2.37. The first-order chi connectivity index (χ1) is 9.02. The first kappa shape index (κ1) is 15.5. The maximum absolute atomic E-state index is 11.8. The molecule has 0 aromatic heterocycles. The largest absolute Gasteiger partial charge is 0.399 e. The van der Waals surface area contributed by atoms with Gasteiger partial charge in [0, 0.05) is 18.7 Å². The van der Waals surface area contributed by atoms with Crippen molar-refractivity contribution in [2.24, 2.45) is 0 Å². The molecule has 2 unspecified atom stereocenters. The van der Waals surface area contributed by atoms with Gasteiger partial charge in [0.1, 0.15) is 0 Å². The molecule has 1 rings (SSSR count). The Labute approximate surface area is 115 Å². The topological polar surface area (TPSA) is 75.3 Å². The van der Waals surface area contributed by atoms with E-state index in [0.717, 1.165) is 17.7 Å². The van der Waals surface area contributed by atoms with Crippen molar-refractivity contribution in [1.29, 1.82) is 0 Å². The molecule has 0 aliphatic heterocycles. The van der Waals surface area contributed by atoms with E-state index in [0.29, 0.717) is 19.4 Å². The van der Waals surface area contributed by atoms with Crippen molar-refractivity contribution < 1.29 is 9.90 Å². The molecule has 0 radical (unpaired) electrons. The number of hydrogen-bond acceptors (Lipinski definition) is 3. The van der Waals surface area contributed by atoms with Crippen molar-refractivity contribution in [2.45, 2.75) is 45.1 Å². The van der Waals surface area contributed by atoms with Crippen LogP contribution in [-0.2, 0) is 4.79 Å². The predicted molar refractivity (Wildman–Crippen MR) is 77.8 cm³/mol. The van der Waals surface area contributed by atoms with Crippen molar-refractivity contribution in [3.63, 3.8) is 0 Å². The van der Waals surface area contributed by atoms with Crippen LogP contribution >= 0.6 is 0 Å². The molecule has 106 valence electrons. The Bertz CT molecular complexity index is 390. The third kappa shape index (κ3) is 5.75. The van der Waals surface area contributed by atoms with Gasteiger partial charge in [0.15, 0.2) is 0 Å². The fourth-order valence-electron chi connectivity index (χ4n) is 1.96. The molecule has 2 atom stereocenters. The molecule has 0 spiro atoms. The zero-order valence-corrected chi connectivity index (χ0v) is 11.7. The minimum Gasteiger partial charge on any atom is -0.399 e. The highest BCUT2D eigenvalue weighted by atomic mass is 16.3. The van der Waals surface area contributed by atoms with Crippen LogP contribution in [0.15, 0.2) is 24.3 Å². The average molecular weight is 264 g/mol. The lowest BCUT2D eigenvalue weighted by molar-refractivity contribution is -0.121. The minimum atomic E-state index is -0.444. The van der Waals surface area contributed by atoms with Gasteiger partial charge in [-0.05, 0) is 30.0 Å². The SMILES string of the molecule is CCCC(O)CNC(=O)CC(C)c1ccc(N)cc1. The van der Waals surface area contributed by atoms with Gasteiger partial charge in [-0.15, -0.1) is 0 Å². The second kappa shape index (κ2) is 7.79. The van der Waals surface area contributed by atoms with Gasteiger partial charge in [-0.25, -0.2) is 0 Å². The number of aliphatic hydroxyl groups excluding tert-OH is 1. The fraction of sp³-hybridized carbons (Fsp3) is 0.533. The Balaban J connectivity index is 2.37. The van der Waals surface area contributed by atoms with Crippen LogP contribution in [0, 0.1) is 0 Å². The molecule has 0 saturated carbocycles. The van der Waals surface area contributed by atoms with E-state index < -0.39 is 6.10 Å². The van der Waals surface area contributed by atoms with E-state index in [1.807, 2.05) is 38.1 Å². The van der Waals surface area contributed by atoms with Crippen molar-refractivity contribution in [1.82, 2.24) is 5.32 Å². The lowest BCUT2D eigenvalue weighted by Crippen LogP contribution is -2.32. The van der Waals surface area contributed by atoms with E-state index in [1.54, 1.807) is 0 Å². The first-order valence-electron chi connectivity index (χ1n) is 6.83. The van der Waals surface area contributed by atoms with Crippen LogP contribution in [0.1, 0.15) is 44.6 Å². The normalized spacial score (nSPS) is 13.8. The number of rotatable bonds is 7. The van der Waals surface area contributed by atoms with Crippen molar-refractivity contribution in [3.8, 4) is 0 Å². The number of nitrogens with two attached hydrogens (primary N) is 1. The molecule has 4 heteroatoms. The monoisotopic (exact) mass is 264 g/mol. The zero-order chi connectivity index (χ0) is 14.3. The van der Waals surface area contributed by atoms with Gasteiger partial charge in [0.25, 0.3) is 0 Å². The second-order valence-corrected chi connectivity index (χ2v) is 5.02. The molecule has 0 aliphatic rings. The molecular formula is C15H24N2O2. The molecule has 0 bridgehead atoms. The number of carbonyl (C=O) groups excluding carboxylic acids is 1. The van der Waals surface area contributed by atoms with E-state index in [1.165, 1.54) is 0 Å². The van der Waals surface area contributed by atoms with Crippen molar-refractivity contribution in [2.75, 3.05) is 12.3 Å². The number of carbonyl (C=O) groups is 1. The molecule has 0 saturated heterocycles. The number of aliphatic hydroxyl groups is 1. The smallest absolute Gasteiger partial charge is 0.220 e. The van der Waals surface area contributed by atoms with Crippen LogP contribution in [0.25, 0.3) is 0 Å². The summed E-state index contributed by atoms with van der Waals surface area (Å²) >= 11 is 0. The number of nitrogens with one attached hydrogen (secondary N) is 1. The van der Waals surface area contributed by atoms with E-state index in [4.69, 9.17) is 5.73 Å². The third-order valence-electron chi connectivity index (χ3n) is 3.15. The first-order valence-corrected chi connectivity index (χ1v) is 6.83. The molecule has 0 heterocycles. The third-order valence-corrected chi connectivity index (χ3v) is 3.15. The van der Waals surface area contributed by atoms with Crippen molar-refractivity contribution in [3.05, 3.63) is 29.8 Å². The standard InChI is InChI=1S/C15H24N2O2/c1-3-4-14(18)10-17-15(19)9-11(2)12-5-7-13(16)8-6-12/h5-8,11,14,18H,3-4,9-10,16H2,1-2H3,(H,17,19). The molecule has 19 heavy (non-hydrogen) atoms. The van der Waals surface area contributed by atoms with Gasteiger partial charge in [-0.1, -0.05) is 32.4 Å². The van der Waals surface area contributed by atoms with Crippen LogP contribution < -0.4 is 11.1 Å². The molecule has 4 N–H and O–H groups in total. The summed E-state index contributed by atoms with van der Waals surface area (Å²) in [5, 5.41) is 12.3. The van der Waals surface area contributed by atoms with Gasteiger partial charge >= 0.3 is 0 Å². The highest BCUT2D eigenvalue weighted by Crippen LogP contribution is 2.19. The zero-order valence-electron chi connectivity index (χ0n) is 11.7. The summed E-state index contributed by atoms with van der Waals surface area (Å²) in [4.78, 5) is 11.8. The predicted octanol–water partition coefficient (Wildman–Crippen LogP) is 2.04. The van der Waals surface area contributed by atoms with Crippen molar-refractivity contribution >= 4 is 11.6 Å². The van der Waals surface area contributed by atoms with Gasteiger partial charge in [-0.3, -0.25) is 4.79 Å². The molecule has 0 aliphatic carbocycles. The van der Waals surface area contributed by atoms with E-state index in [9.17, 15) is 9.90 Å². The summed E-state index contributed by atoms with van der Waals surface area (Å²) in [5.41, 5.74) is 7.45. The molecule has 1 aromatic rings. The Morgan fingerprint density at radius 2 is 2.00 bits per heavy atom. The minimum absolute atomic E-state index is 0.0283. The van der Waals surface area contributed by atoms with E-state index in [2.05, 4.69) is 5.32 Å². The summed E-state index contributed by atoms with van der Waals surface area (Å²) in [7, 11) is 0. The summed E-state index contributed by atoms with van der Waals surface area (Å²) in [6.07, 6.45) is 1.61. The lowest BCUT2D eigenvalue weighted by Gasteiger charge is -2.14. The molecular weight excluding hydrogens is 240 g/mol. The Morgan fingerprint density at radius 3 is 2.58 bits per heavy atom. The molecule has 4 nitrogen and oxygen atoms in total. The highest BCUT2D eigenvalue weighted by Gasteiger charge is 2.12. The van der Waals surface area contributed by atoms with Crippen LogP contribution in [-0.4, -0.2) is 23.7 Å². The fourth-order valence-corrected chi connectivity index (χ4v) is 1.96. The van der Waals surface area contributed by atoms with Gasteiger partial charge in [0.05, 0.1) is 6.10 Å².